The fourth-order valence-corrected chi connectivity index (χ4v) is 2.92. The average Bonchev–Trinajstić information content (AvgIpc) is 2.65. The maximum Gasteiger partial charge on any atom is 0.195 e. The Hall–Kier alpha value is -0.770. The number of Topliss-reactive ketones (excluding diaryl/α,β-unsaturated/α-hetero) is 1. The van der Waals surface area contributed by atoms with Gasteiger partial charge in [-0.1, -0.05) is 6.42 Å². The van der Waals surface area contributed by atoms with Crippen LogP contribution < -0.4 is 0 Å². The number of hydrogen-bond donors (Lipinski definition) is 0. The van der Waals surface area contributed by atoms with Crippen molar-refractivity contribution in [2.75, 3.05) is 5.75 Å². The van der Waals surface area contributed by atoms with Crippen LogP contribution in [0, 0.1) is 0 Å². The first-order valence-corrected chi connectivity index (χ1v) is 5.98. The van der Waals surface area contributed by atoms with Gasteiger partial charge in [0.05, 0.1) is 5.25 Å². The van der Waals surface area contributed by atoms with Crippen LogP contribution in [0.3, 0.4) is 0 Å². The zero-order valence-corrected chi connectivity index (χ0v) is 9.09. The summed E-state index contributed by atoms with van der Waals surface area (Å²) >= 11 is 1.78. The van der Waals surface area contributed by atoms with E-state index in [1.165, 1.54) is 12.8 Å². The zero-order valence-electron chi connectivity index (χ0n) is 8.27. The molecule has 0 spiro atoms. The third-order valence-electron chi connectivity index (χ3n) is 2.44. The van der Waals surface area contributed by atoms with Gasteiger partial charge in [0.25, 0.3) is 0 Å². The lowest BCUT2D eigenvalue weighted by atomic mass is 10.1. The topological polar surface area (TPSA) is 34.9 Å². The fourth-order valence-electron chi connectivity index (χ4n) is 1.66. The number of rotatable bonds is 2. The van der Waals surface area contributed by atoms with Crippen molar-refractivity contribution in [3.8, 4) is 0 Å². The molecular weight excluding hydrogens is 196 g/mol. The monoisotopic (exact) mass is 210 g/mol. The summed E-state index contributed by atoms with van der Waals surface area (Å²) in [7, 11) is 1.84. The SMILES string of the molecule is Cn1ccc(C(=O)C2CCCCS2)n1. The summed E-state index contributed by atoms with van der Waals surface area (Å²) in [5.41, 5.74) is 0.618. The molecule has 1 unspecified atom stereocenters. The van der Waals surface area contributed by atoms with Crippen LogP contribution in [0.2, 0.25) is 0 Å². The van der Waals surface area contributed by atoms with E-state index in [0.717, 1.165) is 12.2 Å². The Bertz CT molecular complexity index is 329. The van der Waals surface area contributed by atoms with E-state index >= 15 is 0 Å². The molecular formula is C10H14N2OS. The van der Waals surface area contributed by atoms with Gasteiger partial charge in [-0.15, -0.1) is 0 Å². The van der Waals surface area contributed by atoms with Crippen molar-refractivity contribution in [1.29, 1.82) is 0 Å². The predicted molar refractivity (Wildman–Crippen MR) is 57.6 cm³/mol. The molecule has 3 nitrogen and oxygen atoms in total. The molecule has 1 aliphatic heterocycles. The van der Waals surface area contributed by atoms with Gasteiger partial charge in [-0.3, -0.25) is 9.48 Å². The highest BCUT2D eigenvalue weighted by molar-refractivity contribution is 8.00. The molecule has 1 atom stereocenters. The van der Waals surface area contributed by atoms with Gasteiger partial charge in [0, 0.05) is 13.2 Å². The van der Waals surface area contributed by atoms with Crippen molar-refractivity contribution in [3.63, 3.8) is 0 Å². The van der Waals surface area contributed by atoms with Gasteiger partial charge in [-0.25, -0.2) is 0 Å². The fraction of sp³-hybridized carbons (Fsp3) is 0.600. The summed E-state index contributed by atoms with van der Waals surface area (Å²) in [4.78, 5) is 11.9. The highest BCUT2D eigenvalue weighted by Crippen LogP contribution is 2.27. The maximum absolute atomic E-state index is 11.9. The van der Waals surface area contributed by atoms with E-state index in [1.54, 1.807) is 22.5 Å². The van der Waals surface area contributed by atoms with Crippen LogP contribution in [-0.2, 0) is 7.05 Å². The van der Waals surface area contributed by atoms with Gasteiger partial charge >= 0.3 is 0 Å². The quantitative estimate of drug-likeness (QED) is 0.699. The third kappa shape index (κ3) is 2.00. The lowest BCUT2D eigenvalue weighted by Gasteiger charge is -2.18. The number of thioether (sulfide) groups is 1. The van der Waals surface area contributed by atoms with Crippen molar-refractivity contribution in [2.24, 2.45) is 7.05 Å². The summed E-state index contributed by atoms with van der Waals surface area (Å²) in [6.07, 6.45) is 5.26. The molecule has 0 radical (unpaired) electrons. The molecule has 1 fully saturated rings. The van der Waals surface area contributed by atoms with Crippen molar-refractivity contribution in [3.05, 3.63) is 18.0 Å². The summed E-state index contributed by atoms with van der Waals surface area (Å²) < 4.78 is 1.68. The number of ketones is 1. The van der Waals surface area contributed by atoms with E-state index in [-0.39, 0.29) is 11.0 Å². The normalized spacial score (nSPS) is 22.2. The van der Waals surface area contributed by atoms with Crippen molar-refractivity contribution >= 4 is 17.5 Å². The van der Waals surface area contributed by atoms with Crippen LogP contribution in [0.5, 0.6) is 0 Å². The Labute approximate surface area is 87.9 Å². The lowest BCUT2D eigenvalue weighted by molar-refractivity contribution is 0.0979. The molecule has 0 N–H and O–H groups in total. The van der Waals surface area contributed by atoms with Crippen molar-refractivity contribution in [2.45, 2.75) is 24.5 Å². The Morgan fingerprint density at radius 3 is 3.07 bits per heavy atom. The van der Waals surface area contributed by atoms with Crippen LogP contribution in [0.4, 0.5) is 0 Å². The van der Waals surface area contributed by atoms with Gasteiger partial charge in [0.1, 0.15) is 5.69 Å². The first kappa shape index (κ1) is 9.77. The molecule has 4 heteroatoms. The zero-order chi connectivity index (χ0) is 9.97. The second-order valence-electron chi connectivity index (χ2n) is 3.59. The van der Waals surface area contributed by atoms with E-state index in [9.17, 15) is 4.79 Å². The smallest absolute Gasteiger partial charge is 0.195 e. The van der Waals surface area contributed by atoms with E-state index in [2.05, 4.69) is 5.10 Å². The van der Waals surface area contributed by atoms with Gasteiger partial charge < -0.3 is 0 Å². The number of nitrogens with zero attached hydrogens (tertiary/aromatic N) is 2. The molecule has 1 aromatic rings. The molecule has 0 amide bonds. The molecule has 1 aromatic heterocycles. The molecule has 2 heterocycles. The largest absolute Gasteiger partial charge is 0.291 e. The van der Waals surface area contributed by atoms with E-state index < -0.39 is 0 Å². The number of carbonyl (C=O) groups is 1. The minimum Gasteiger partial charge on any atom is -0.291 e. The predicted octanol–water partition coefficient (Wildman–Crippen LogP) is 1.89. The Kier molecular flexibility index (Phi) is 2.91. The van der Waals surface area contributed by atoms with E-state index in [4.69, 9.17) is 0 Å². The van der Waals surface area contributed by atoms with E-state index in [0.29, 0.717) is 5.69 Å². The average molecular weight is 210 g/mol. The van der Waals surface area contributed by atoms with Gasteiger partial charge in [-0.2, -0.15) is 16.9 Å². The summed E-state index contributed by atoms with van der Waals surface area (Å²) in [6.45, 7) is 0. The molecule has 1 aliphatic rings. The Morgan fingerprint density at radius 2 is 2.50 bits per heavy atom. The molecule has 76 valence electrons. The van der Waals surface area contributed by atoms with Gasteiger partial charge in [-0.05, 0) is 24.7 Å². The minimum atomic E-state index is 0.152. The highest BCUT2D eigenvalue weighted by Gasteiger charge is 2.24. The number of carbonyl (C=O) groups excluding carboxylic acids is 1. The van der Waals surface area contributed by atoms with Crippen molar-refractivity contribution < 1.29 is 4.79 Å². The van der Waals surface area contributed by atoms with Crippen LogP contribution in [0.15, 0.2) is 12.3 Å². The summed E-state index contributed by atoms with van der Waals surface area (Å²) in [5.74, 6) is 1.32. The van der Waals surface area contributed by atoms with E-state index in [1.807, 2.05) is 13.2 Å². The second kappa shape index (κ2) is 4.17. The second-order valence-corrected chi connectivity index (χ2v) is 4.90. The van der Waals surface area contributed by atoms with Crippen LogP contribution in [-0.4, -0.2) is 26.6 Å². The number of aryl methyl sites for hydroxylation is 1. The first-order valence-electron chi connectivity index (χ1n) is 4.93. The molecule has 0 saturated carbocycles. The third-order valence-corrected chi connectivity index (χ3v) is 3.81. The molecule has 0 aromatic carbocycles. The minimum absolute atomic E-state index is 0.152. The standard InChI is InChI=1S/C10H14N2OS/c1-12-6-5-8(11-12)10(13)9-4-2-3-7-14-9/h5-6,9H,2-4,7H2,1H3. The molecule has 0 aliphatic carbocycles. The highest BCUT2D eigenvalue weighted by atomic mass is 32.2. The summed E-state index contributed by atoms with van der Waals surface area (Å²) in [5, 5.41) is 4.29. The maximum atomic E-state index is 11.9. The van der Waals surface area contributed by atoms with Gasteiger partial charge in [0.2, 0.25) is 0 Å². The van der Waals surface area contributed by atoms with Crippen LogP contribution in [0.1, 0.15) is 29.8 Å². The Morgan fingerprint density at radius 1 is 1.64 bits per heavy atom. The van der Waals surface area contributed by atoms with Crippen LogP contribution >= 0.6 is 11.8 Å². The molecule has 1 saturated heterocycles. The first-order chi connectivity index (χ1) is 6.77. The van der Waals surface area contributed by atoms with Gasteiger partial charge in [0.15, 0.2) is 5.78 Å². The molecule has 14 heavy (non-hydrogen) atoms. The number of hydrogen-bond acceptors (Lipinski definition) is 3. The number of aromatic nitrogens is 2. The Balaban J connectivity index is 2.07. The summed E-state index contributed by atoms with van der Waals surface area (Å²) in [6, 6.07) is 1.80. The van der Waals surface area contributed by atoms with Crippen molar-refractivity contribution in [1.82, 2.24) is 9.78 Å². The lowest BCUT2D eigenvalue weighted by Crippen LogP contribution is -2.21. The molecule has 2 rings (SSSR count). The van der Waals surface area contributed by atoms with Crippen LogP contribution in [0.25, 0.3) is 0 Å². The molecule has 0 bridgehead atoms.